The second-order valence-corrected chi connectivity index (χ2v) is 6.14. The Morgan fingerprint density at radius 1 is 1.17 bits per heavy atom. The summed E-state index contributed by atoms with van der Waals surface area (Å²) in [6.45, 7) is 0. The lowest BCUT2D eigenvalue weighted by Gasteiger charge is -2.17. The molecule has 0 bridgehead atoms. The first-order valence-corrected chi connectivity index (χ1v) is 7.11. The number of hydrogen-bond acceptors (Lipinski definition) is 3. The van der Waals surface area contributed by atoms with Crippen LogP contribution in [0.2, 0.25) is 0 Å². The maximum absolute atomic E-state index is 13.0. The molecule has 1 aliphatic rings. The fourth-order valence-corrected chi connectivity index (χ4v) is 3.45. The molecule has 2 atom stereocenters. The average molecular weight is 276 g/mol. The van der Waals surface area contributed by atoms with E-state index in [1.54, 1.807) is 0 Å². The molecule has 100 valence electrons. The highest BCUT2D eigenvalue weighted by molar-refractivity contribution is 7.89. The minimum atomic E-state index is -3.93. The smallest absolute Gasteiger partial charge is 0.241 e. The molecule has 0 aromatic heterocycles. The van der Waals surface area contributed by atoms with E-state index in [1.807, 2.05) is 0 Å². The van der Waals surface area contributed by atoms with Gasteiger partial charge in [0.15, 0.2) is 0 Å². The van der Waals surface area contributed by atoms with Crippen molar-refractivity contribution >= 4 is 10.0 Å². The summed E-state index contributed by atoms with van der Waals surface area (Å²) >= 11 is 0. The van der Waals surface area contributed by atoms with Gasteiger partial charge in [0.1, 0.15) is 11.6 Å². The van der Waals surface area contributed by atoms with Crippen LogP contribution < -0.4 is 10.5 Å². The number of benzene rings is 1. The highest BCUT2D eigenvalue weighted by Crippen LogP contribution is 2.20. The van der Waals surface area contributed by atoms with Crippen molar-refractivity contribution in [2.75, 3.05) is 0 Å². The molecule has 0 aliphatic heterocycles. The van der Waals surface area contributed by atoms with Crippen molar-refractivity contribution < 1.29 is 17.2 Å². The Labute approximate surface area is 104 Å². The summed E-state index contributed by atoms with van der Waals surface area (Å²) in [5.74, 6) is -1.85. The van der Waals surface area contributed by atoms with Gasteiger partial charge in [-0.25, -0.2) is 21.9 Å². The van der Waals surface area contributed by atoms with E-state index in [0.717, 1.165) is 25.0 Å². The normalized spacial score (nSPS) is 24.4. The lowest BCUT2D eigenvalue weighted by molar-refractivity contribution is 0.519. The predicted molar refractivity (Wildman–Crippen MR) is 62.3 cm³/mol. The molecule has 1 aromatic carbocycles. The van der Waals surface area contributed by atoms with Crippen LogP contribution in [-0.4, -0.2) is 20.5 Å². The van der Waals surface area contributed by atoms with Crippen molar-refractivity contribution in [3.8, 4) is 0 Å². The number of sulfonamides is 1. The average Bonchev–Trinajstić information content (AvgIpc) is 2.62. The van der Waals surface area contributed by atoms with E-state index >= 15 is 0 Å². The van der Waals surface area contributed by atoms with Crippen LogP contribution in [0.3, 0.4) is 0 Å². The van der Waals surface area contributed by atoms with Gasteiger partial charge in [0.2, 0.25) is 10.0 Å². The number of nitrogens with two attached hydrogens (primary N) is 1. The zero-order chi connectivity index (χ0) is 13.3. The maximum atomic E-state index is 13.0. The van der Waals surface area contributed by atoms with Gasteiger partial charge in [-0.05, 0) is 25.0 Å². The molecule has 0 amide bonds. The summed E-state index contributed by atoms with van der Waals surface area (Å²) in [7, 11) is -3.93. The Morgan fingerprint density at radius 2 is 1.78 bits per heavy atom. The van der Waals surface area contributed by atoms with Crippen LogP contribution in [0.4, 0.5) is 8.78 Å². The molecule has 2 unspecified atom stereocenters. The van der Waals surface area contributed by atoms with E-state index in [1.165, 1.54) is 0 Å². The Hall–Kier alpha value is -1.05. The second-order valence-electron chi connectivity index (χ2n) is 4.43. The van der Waals surface area contributed by atoms with Gasteiger partial charge in [0.25, 0.3) is 0 Å². The Balaban J connectivity index is 2.25. The first kappa shape index (κ1) is 13.4. The van der Waals surface area contributed by atoms with Gasteiger partial charge in [-0.15, -0.1) is 0 Å². The molecule has 4 nitrogen and oxygen atoms in total. The maximum Gasteiger partial charge on any atom is 0.241 e. The molecule has 0 heterocycles. The Bertz CT molecular complexity index is 528. The van der Waals surface area contributed by atoms with E-state index in [0.29, 0.717) is 12.5 Å². The molecule has 0 saturated heterocycles. The second kappa shape index (κ2) is 4.91. The summed E-state index contributed by atoms with van der Waals surface area (Å²) in [4.78, 5) is -0.417. The monoisotopic (exact) mass is 276 g/mol. The van der Waals surface area contributed by atoms with Gasteiger partial charge in [-0.1, -0.05) is 6.42 Å². The fourth-order valence-electron chi connectivity index (χ4n) is 2.09. The lowest BCUT2D eigenvalue weighted by atomic mass is 10.2. The molecule has 7 heteroatoms. The van der Waals surface area contributed by atoms with Gasteiger partial charge >= 0.3 is 0 Å². The molecule has 0 spiro atoms. The molecular formula is C11H14F2N2O2S. The molecule has 0 radical (unpaired) electrons. The van der Waals surface area contributed by atoms with E-state index in [9.17, 15) is 17.2 Å². The van der Waals surface area contributed by atoms with E-state index in [-0.39, 0.29) is 12.1 Å². The van der Waals surface area contributed by atoms with Crippen LogP contribution in [0.15, 0.2) is 23.1 Å². The van der Waals surface area contributed by atoms with E-state index < -0.39 is 26.6 Å². The van der Waals surface area contributed by atoms with Crippen LogP contribution in [0, 0.1) is 11.6 Å². The Kier molecular flexibility index (Phi) is 3.65. The number of hydrogen-bond donors (Lipinski definition) is 2. The highest BCUT2D eigenvalue weighted by Gasteiger charge is 2.29. The quantitative estimate of drug-likeness (QED) is 0.869. The summed E-state index contributed by atoms with van der Waals surface area (Å²) in [6, 6.07) is 1.57. The first-order valence-electron chi connectivity index (χ1n) is 5.62. The number of rotatable bonds is 3. The third kappa shape index (κ3) is 2.85. The molecule has 3 N–H and O–H groups in total. The topological polar surface area (TPSA) is 72.2 Å². The summed E-state index contributed by atoms with van der Waals surface area (Å²) < 4.78 is 52.2. The fraction of sp³-hybridized carbons (Fsp3) is 0.455. The summed E-state index contributed by atoms with van der Waals surface area (Å²) in [5.41, 5.74) is 5.75. The standard InChI is InChI=1S/C11H14F2N2O2S/c12-7-4-8(13)6-9(5-7)18(16,17)15-11-3-1-2-10(11)14/h4-6,10-11,15H,1-3,14H2. The van der Waals surface area contributed by atoms with E-state index in [2.05, 4.69) is 4.72 Å². The predicted octanol–water partition coefficient (Wildman–Crippen LogP) is 1.12. The van der Waals surface area contributed by atoms with Crippen molar-refractivity contribution in [3.63, 3.8) is 0 Å². The van der Waals surface area contributed by atoms with Crippen LogP contribution in [0.25, 0.3) is 0 Å². The molecule has 18 heavy (non-hydrogen) atoms. The molecule has 1 aliphatic carbocycles. The van der Waals surface area contributed by atoms with Crippen LogP contribution >= 0.6 is 0 Å². The van der Waals surface area contributed by atoms with Gasteiger partial charge in [-0.3, -0.25) is 0 Å². The van der Waals surface area contributed by atoms with Gasteiger partial charge in [-0.2, -0.15) is 0 Å². The van der Waals surface area contributed by atoms with Crippen LogP contribution in [0.5, 0.6) is 0 Å². The lowest BCUT2D eigenvalue weighted by Crippen LogP contribution is -2.43. The minimum absolute atomic E-state index is 0.252. The van der Waals surface area contributed by atoms with Crippen molar-refractivity contribution in [2.24, 2.45) is 5.73 Å². The van der Waals surface area contributed by atoms with Gasteiger partial charge < -0.3 is 5.73 Å². The molecular weight excluding hydrogens is 262 g/mol. The molecule has 2 rings (SSSR count). The van der Waals surface area contributed by atoms with E-state index in [4.69, 9.17) is 5.73 Å². The highest BCUT2D eigenvalue weighted by atomic mass is 32.2. The SMILES string of the molecule is NC1CCCC1NS(=O)(=O)c1cc(F)cc(F)c1. The third-order valence-corrected chi connectivity index (χ3v) is 4.49. The minimum Gasteiger partial charge on any atom is -0.326 e. The zero-order valence-electron chi connectivity index (χ0n) is 9.57. The van der Waals surface area contributed by atoms with Crippen molar-refractivity contribution in [1.29, 1.82) is 0 Å². The van der Waals surface area contributed by atoms with Gasteiger partial charge in [0.05, 0.1) is 4.90 Å². The molecule has 1 saturated carbocycles. The first-order chi connectivity index (χ1) is 8.38. The van der Waals surface area contributed by atoms with Crippen LogP contribution in [-0.2, 0) is 10.0 Å². The van der Waals surface area contributed by atoms with Gasteiger partial charge in [0, 0.05) is 18.2 Å². The van der Waals surface area contributed by atoms with Crippen LogP contribution in [0.1, 0.15) is 19.3 Å². The van der Waals surface area contributed by atoms with Crippen molar-refractivity contribution in [3.05, 3.63) is 29.8 Å². The molecule has 1 aromatic rings. The summed E-state index contributed by atoms with van der Waals surface area (Å²) in [5, 5.41) is 0. The van der Waals surface area contributed by atoms with Crippen molar-refractivity contribution in [2.45, 2.75) is 36.2 Å². The zero-order valence-corrected chi connectivity index (χ0v) is 10.4. The van der Waals surface area contributed by atoms with Crippen molar-refractivity contribution in [1.82, 2.24) is 4.72 Å². The molecule has 1 fully saturated rings. The number of halogens is 2. The Morgan fingerprint density at radius 3 is 2.28 bits per heavy atom. The number of nitrogens with one attached hydrogen (secondary N) is 1. The summed E-state index contributed by atoms with van der Waals surface area (Å²) in [6.07, 6.45) is 2.22. The largest absolute Gasteiger partial charge is 0.326 e. The third-order valence-electron chi connectivity index (χ3n) is 3.02.